The van der Waals surface area contributed by atoms with Crippen LogP contribution >= 0.6 is 11.6 Å². The zero-order valence-electron chi connectivity index (χ0n) is 14.3. The summed E-state index contributed by atoms with van der Waals surface area (Å²) in [5.74, 6) is 0.347. The van der Waals surface area contributed by atoms with Crippen LogP contribution < -0.4 is 5.43 Å². The Kier molecular flexibility index (Phi) is 5.36. The molecule has 0 unspecified atom stereocenters. The van der Waals surface area contributed by atoms with Gasteiger partial charge in [0.1, 0.15) is 5.69 Å². The van der Waals surface area contributed by atoms with E-state index in [2.05, 4.69) is 10.5 Å². The van der Waals surface area contributed by atoms with Gasteiger partial charge in [-0.1, -0.05) is 30.3 Å². The molecule has 1 atom stereocenters. The van der Waals surface area contributed by atoms with Crippen molar-refractivity contribution in [2.45, 2.75) is 24.7 Å². The van der Waals surface area contributed by atoms with Gasteiger partial charge in [-0.3, -0.25) is 25.7 Å². The molecular weight excluding hydrogens is 372 g/mol. The quantitative estimate of drug-likeness (QED) is 0.440. The van der Waals surface area contributed by atoms with Gasteiger partial charge in [-0.2, -0.15) is 5.10 Å². The molecule has 0 heterocycles. The molecular formula is C18H17ClN4O4. The number of nitrogens with one attached hydrogen (secondary N) is 1. The van der Waals surface area contributed by atoms with Gasteiger partial charge in [0.25, 0.3) is 5.69 Å². The summed E-state index contributed by atoms with van der Waals surface area (Å²) in [6.07, 6.45) is 2.46. The molecule has 1 aliphatic rings. The molecule has 2 aromatic carbocycles. The first-order valence-corrected chi connectivity index (χ1v) is 8.89. The Morgan fingerprint density at radius 2 is 1.85 bits per heavy atom. The van der Waals surface area contributed by atoms with Crippen LogP contribution in [0.15, 0.2) is 53.6 Å². The van der Waals surface area contributed by atoms with Crippen molar-refractivity contribution in [3.05, 3.63) is 74.3 Å². The van der Waals surface area contributed by atoms with E-state index >= 15 is 0 Å². The third-order valence-corrected chi connectivity index (χ3v) is 5.28. The Balaban J connectivity index is 1.95. The number of hydrogen-bond donors (Lipinski definition) is 1. The number of halogens is 1. The van der Waals surface area contributed by atoms with Crippen LogP contribution in [0.25, 0.3) is 0 Å². The minimum absolute atomic E-state index is 0.0986. The number of nitro groups is 2. The largest absolute Gasteiger partial charge is 0.301 e. The second-order valence-electron chi connectivity index (χ2n) is 6.32. The summed E-state index contributed by atoms with van der Waals surface area (Å²) in [5, 5.41) is 26.5. The molecule has 0 spiro atoms. The van der Waals surface area contributed by atoms with Gasteiger partial charge in [0.15, 0.2) is 0 Å². The maximum Gasteiger partial charge on any atom is 0.301 e. The lowest BCUT2D eigenvalue weighted by atomic mass is 9.79. The molecule has 9 heteroatoms. The number of anilines is 1. The van der Waals surface area contributed by atoms with Crippen LogP contribution in [-0.4, -0.2) is 21.4 Å². The molecule has 140 valence electrons. The minimum atomic E-state index is -0.673. The van der Waals surface area contributed by atoms with Crippen LogP contribution in [-0.2, 0) is 5.41 Å². The zero-order valence-corrected chi connectivity index (χ0v) is 15.1. The fourth-order valence-electron chi connectivity index (χ4n) is 3.40. The first kappa shape index (κ1) is 18.8. The summed E-state index contributed by atoms with van der Waals surface area (Å²) in [7, 11) is 0. The summed E-state index contributed by atoms with van der Waals surface area (Å²) in [5.41, 5.74) is 3.52. The first-order chi connectivity index (χ1) is 13.0. The average molecular weight is 389 g/mol. The Morgan fingerprint density at radius 1 is 1.11 bits per heavy atom. The molecule has 0 bridgehead atoms. The topological polar surface area (TPSA) is 111 Å². The maximum absolute atomic E-state index is 11.3. The molecule has 1 saturated carbocycles. The number of nitrogens with zero attached hydrogens (tertiary/aromatic N) is 3. The van der Waals surface area contributed by atoms with E-state index in [1.54, 1.807) is 0 Å². The van der Waals surface area contributed by atoms with Gasteiger partial charge in [-0.05, 0) is 30.9 Å². The van der Waals surface area contributed by atoms with Crippen LogP contribution in [0.4, 0.5) is 17.1 Å². The van der Waals surface area contributed by atoms with Gasteiger partial charge in [-0.25, -0.2) is 0 Å². The third-order valence-electron chi connectivity index (χ3n) is 4.82. The van der Waals surface area contributed by atoms with Gasteiger partial charge in [-0.15, -0.1) is 11.6 Å². The van der Waals surface area contributed by atoms with Crippen molar-refractivity contribution in [2.24, 2.45) is 5.10 Å². The van der Waals surface area contributed by atoms with E-state index in [9.17, 15) is 20.2 Å². The molecule has 27 heavy (non-hydrogen) atoms. The molecule has 0 aromatic heterocycles. The Morgan fingerprint density at radius 3 is 2.48 bits per heavy atom. The minimum Gasteiger partial charge on any atom is -0.272 e. The normalized spacial score (nSPS) is 20.6. The van der Waals surface area contributed by atoms with Crippen molar-refractivity contribution in [3.8, 4) is 0 Å². The molecule has 1 aliphatic carbocycles. The predicted molar refractivity (Wildman–Crippen MR) is 103 cm³/mol. The molecule has 1 N–H and O–H groups in total. The first-order valence-electron chi connectivity index (χ1n) is 8.35. The molecule has 0 saturated heterocycles. The molecule has 0 radical (unpaired) electrons. The van der Waals surface area contributed by atoms with Crippen LogP contribution in [0.3, 0.4) is 0 Å². The van der Waals surface area contributed by atoms with E-state index in [0.29, 0.717) is 5.88 Å². The van der Waals surface area contributed by atoms with Crippen molar-refractivity contribution < 1.29 is 9.85 Å². The van der Waals surface area contributed by atoms with E-state index < -0.39 is 20.9 Å². The average Bonchev–Trinajstić information content (AvgIpc) is 3.10. The molecule has 1 fully saturated rings. The third kappa shape index (κ3) is 3.61. The monoisotopic (exact) mass is 388 g/mol. The molecule has 3 rings (SSSR count). The van der Waals surface area contributed by atoms with E-state index in [1.165, 1.54) is 12.1 Å². The lowest BCUT2D eigenvalue weighted by molar-refractivity contribution is -0.393. The second kappa shape index (κ2) is 7.71. The van der Waals surface area contributed by atoms with Gasteiger partial charge < -0.3 is 0 Å². The molecule has 0 aliphatic heterocycles. The fraction of sp³-hybridized carbons (Fsp3) is 0.278. The SMILES string of the molecule is O=[N+]([O-])c1ccc(N/N=C2\CCC[C@]2(CCl)c2ccccc2)c([N+](=O)[O-])c1. The van der Waals surface area contributed by atoms with Crippen LogP contribution in [0, 0.1) is 20.2 Å². The van der Waals surface area contributed by atoms with Gasteiger partial charge in [0, 0.05) is 23.1 Å². The fourth-order valence-corrected chi connectivity index (χ4v) is 3.84. The van der Waals surface area contributed by atoms with Gasteiger partial charge in [0.05, 0.1) is 15.9 Å². The maximum atomic E-state index is 11.3. The summed E-state index contributed by atoms with van der Waals surface area (Å²) in [6.45, 7) is 0. The van der Waals surface area contributed by atoms with E-state index in [-0.39, 0.29) is 11.4 Å². The van der Waals surface area contributed by atoms with Crippen LogP contribution in [0.5, 0.6) is 0 Å². The van der Waals surface area contributed by atoms with Gasteiger partial charge >= 0.3 is 5.69 Å². The van der Waals surface area contributed by atoms with Gasteiger partial charge in [0.2, 0.25) is 0 Å². The van der Waals surface area contributed by atoms with Crippen molar-refractivity contribution in [2.75, 3.05) is 11.3 Å². The van der Waals surface area contributed by atoms with E-state index in [4.69, 9.17) is 11.6 Å². The summed E-state index contributed by atoms with van der Waals surface area (Å²) < 4.78 is 0. The van der Waals surface area contributed by atoms with Crippen molar-refractivity contribution in [1.82, 2.24) is 0 Å². The zero-order chi connectivity index (χ0) is 19.4. The highest BCUT2D eigenvalue weighted by molar-refractivity contribution is 6.21. The van der Waals surface area contributed by atoms with E-state index in [1.807, 2.05) is 30.3 Å². The Hall–Kier alpha value is -3.00. The summed E-state index contributed by atoms with van der Waals surface area (Å²) in [4.78, 5) is 20.8. The van der Waals surface area contributed by atoms with Crippen molar-refractivity contribution in [1.29, 1.82) is 0 Å². The highest BCUT2D eigenvalue weighted by atomic mass is 35.5. The summed E-state index contributed by atoms with van der Waals surface area (Å²) >= 11 is 6.32. The lowest BCUT2D eigenvalue weighted by Crippen LogP contribution is -2.33. The van der Waals surface area contributed by atoms with E-state index in [0.717, 1.165) is 36.6 Å². The number of benzene rings is 2. The molecule has 8 nitrogen and oxygen atoms in total. The highest BCUT2D eigenvalue weighted by Crippen LogP contribution is 2.40. The lowest BCUT2D eigenvalue weighted by Gasteiger charge is -2.28. The number of hydrazone groups is 1. The number of non-ortho nitro benzene ring substituents is 1. The Labute approximate surface area is 160 Å². The van der Waals surface area contributed by atoms with Crippen molar-refractivity contribution >= 4 is 34.4 Å². The second-order valence-corrected chi connectivity index (χ2v) is 6.59. The number of hydrogen-bond acceptors (Lipinski definition) is 6. The van der Waals surface area contributed by atoms with Crippen LogP contribution in [0.1, 0.15) is 24.8 Å². The number of nitro benzene ring substituents is 2. The number of alkyl halides is 1. The molecule has 0 amide bonds. The molecule has 2 aromatic rings. The standard InChI is InChI=1S/C18H17ClN4O4/c19-12-18(13-5-2-1-3-6-13)10-4-7-17(18)21-20-15-9-8-14(22(24)25)11-16(15)23(26)27/h1-3,5-6,8-9,11,20H,4,7,10,12H2/b21-17+/t18-/m0/s1. The number of rotatable bonds is 6. The predicted octanol–water partition coefficient (Wildman–Crippen LogP) is 4.63. The summed E-state index contributed by atoms with van der Waals surface area (Å²) in [6, 6.07) is 13.2. The Bertz CT molecular complexity index is 903. The smallest absolute Gasteiger partial charge is 0.272 e. The van der Waals surface area contributed by atoms with Crippen molar-refractivity contribution in [3.63, 3.8) is 0 Å². The highest BCUT2D eigenvalue weighted by Gasteiger charge is 2.41. The van der Waals surface area contributed by atoms with Crippen LogP contribution in [0.2, 0.25) is 0 Å².